The van der Waals surface area contributed by atoms with Gasteiger partial charge in [0.2, 0.25) is 0 Å². The quantitative estimate of drug-likeness (QED) is 0.500. The summed E-state index contributed by atoms with van der Waals surface area (Å²) in [5.41, 5.74) is 0.985. The molecule has 0 aliphatic heterocycles. The van der Waals surface area contributed by atoms with Crippen molar-refractivity contribution < 1.29 is 4.92 Å². The summed E-state index contributed by atoms with van der Waals surface area (Å²) >= 11 is 1.77. The number of para-hydroxylation sites is 1. The zero-order valence-corrected chi connectivity index (χ0v) is 11.6. The summed E-state index contributed by atoms with van der Waals surface area (Å²) in [6.07, 6.45) is 0.668. The Morgan fingerprint density at radius 2 is 2.05 bits per heavy atom. The third-order valence-electron chi connectivity index (χ3n) is 2.85. The minimum atomic E-state index is -0.321. The molecule has 1 heterocycles. The molecule has 2 rings (SSSR count). The van der Waals surface area contributed by atoms with E-state index in [0.717, 1.165) is 18.7 Å². The molecular weight excluding hydrogens is 260 g/mol. The standard InChI is InChI=1S/C14H16N2O2S/c1-11-6-7-13(19-11)10-15-9-8-12-4-2-3-5-14(12)16(17)18/h2-7,15H,8-10H2,1H3. The van der Waals surface area contributed by atoms with Gasteiger partial charge >= 0.3 is 0 Å². The van der Waals surface area contributed by atoms with Crippen molar-refractivity contribution in [3.05, 3.63) is 61.8 Å². The van der Waals surface area contributed by atoms with E-state index in [1.807, 2.05) is 12.1 Å². The lowest BCUT2D eigenvalue weighted by Crippen LogP contribution is -2.16. The lowest BCUT2D eigenvalue weighted by atomic mass is 10.1. The van der Waals surface area contributed by atoms with E-state index < -0.39 is 0 Å². The summed E-state index contributed by atoms with van der Waals surface area (Å²) in [5.74, 6) is 0. The van der Waals surface area contributed by atoms with Crippen LogP contribution >= 0.6 is 11.3 Å². The molecule has 0 saturated carbocycles. The second kappa shape index (κ2) is 6.45. The lowest BCUT2D eigenvalue weighted by Gasteiger charge is -2.04. The first-order valence-electron chi connectivity index (χ1n) is 6.15. The van der Waals surface area contributed by atoms with Crippen molar-refractivity contribution in [2.45, 2.75) is 19.9 Å². The van der Waals surface area contributed by atoms with Crippen LogP contribution < -0.4 is 5.32 Å². The maximum absolute atomic E-state index is 10.9. The molecule has 0 fully saturated rings. The molecule has 0 bridgehead atoms. The maximum Gasteiger partial charge on any atom is 0.272 e. The van der Waals surface area contributed by atoms with Crippen molar-refractivity contribution >= 4 is 17.0 Å². The Morgan fingerprint density at radius 1 is 1.26 bits per heavy atom. The number of hydrogen-bond donors (Lipinski definition) is 1. The Bertz CT molecular complexity index is 566. The summed E-state index contributed by atoms with van der Waals surface area (Å²) < 4.78 is 0. The molecule has 0 aliphatic carbocycles. The number of nitro groups is 1. The molecule has 0 unspecified atom stereocenters. The molecule has 0 aliphatic rings. The summed E-state index contributed by atoms with van der Waals surface area (Å²) in [7, 11) is 0. The van der Waals surface area contributed by atoms with E-state index in [0.29, 0.717) is 6.42 Å². The van der Waals surface area contributed by atoms with Gasteiger partial charge in [0.05, 0.1) is 4.92 Å². The van der Waals surface area contributed by atoms with Gasteiger partial charge in [0.1, 0.15) is 0 Å². The van der Waals surface area contributed by atoms with Gasteiger partial charge in [0.25, 0.3) is 5.69 Å². The van der Waals surface area contributed by atoms with Crippen LogP contribution in [0, 0.1) is 17.0 Å². The van der Waals surface area contributed by atoms with Crippen LogP contribution in [0.3, 0.4) is 0 Å². The SMILES string of the molecule is Cc1ccc(CNCCc2ccccc2[N+](=O)[O-])s1. The van der Waals surface area contributed by atoms with E-state index in [2.05, 4.69) is 24.4 Å². The fraction of sp³-hybridized carbons (Fsp3) is 0.286. The first-order chi connectivity index (χ1) is 9.16. The van der Waals surface area contributed by atoms with Crippen LogP contribution in [-0.4, -0.2) is 11.5 Å². The number of aryl methyl sites for hydroxylation is 1. The van der Waals surface area contributed by atoms with Crippen LogP contribution in [0.25, 0.3) is 0 Å². The average molecular weight is 276 g/mol. The molecule has 2 aromatic rings. The van der Waals surface area contributed by atoms with E-state index in [4.69, 9.17) is 0 Å². The Balaban J connectivity index is 1.84. The predicted octanol–water partition coefficient (Wildman–Crippen LogP) is 3.30. The highest BCUT2D eigenvalue weighted by Gasteiger charge is 2.11. The van der Waals surface area contributed by atoms with Gasteiger partial charge in [-0.1, -0.05) is 18.2 Å². The van der Waals surface area contributed by atoms with Crippen molar-refractivity contribution in [1.29, 1.82) is 0 Å². The summed E-state index contributed by atoms with van der Waals surface area (Å²) in [6, 6.07) is 11.1. The van der Waals surface area contributed by atoms with Gasteiger partial charge in [-0.3, -0.25) is 10.1 Å². The van der Waals surface area contributed by atoms with E-state index in [9.17, 15) is 10.1 Å². The van der Waals surface area contributed by atoms with Gasteiger partial charge in [-0.15, -0.1) is 11.3 Å². The van der Waals surface area contributed by atoms with Crippen LogP contribution in [0.5, 0.6) is 0 Å². The lowest BCUT2D eigenvalue weighted by molar-refractivity contribution is -0.385. The molecule has 0 radical (unpaired) electrons. The van der Waals surface area contributed by atoms with Crippen molar-refractivity contribution in [2.24, 2.45) is 0 Å². The number of thiophene rings is 1. The highest BCUT2D eigenvalue weighted by Crippen LogP contribution is 2.18. The number of nitrogens with one attached hydrogen (secondary N) is 1. The Kier molecular flexibility index (Phi) is 4.65. The molecule has 1 aromatic heterocycles. The number of rotatable bonds is 6. The largest absolute Gasteiger partial charge is 0.312 e. The Morgan fingerprint density at radius 3 is 2.74 bits per heavy atom. The minimum absolute atomic E-state index is 0.205. The molecule has 0 spiro atoms. The molecule has 0 atom stereocenters. The number of hydrogen-bond acceptors (Lipinski definition) is 4. The summed E-state index contributed by atoms with van der Waals surface area (Å²) in [4.78, 5) is 13.1. The molecule has 100 valence electrons. The third-order valence-corrected chi connectivity index (χ3v) is 3.86. The molecular formula is C14H16N2O2S. The van der Waals surface area contributed by atoms with E-state index in [1.54, 1.807) is 23.5 Å². The van der Waals surface area contributed by atoms with Crippen molar-refractivity contribution in [1.82, 2.24) is 5.32 Å². The normalized spacial score (nSPS) is 10.6. The van der Waals surface area contributed by atoms with E-state index in [1.165, 1.54) is 9.75 Å². The van der Waals surface area contributed by atoms with Crippen molar-refractivity contribution in [2.75, 3.05) is 6.54 Å². The van der Waals surface area contributed by atoms with E-state index in [-0.39, 0.29) is 10.6 Å². The average Bonchev–Trinajstić information content (AvgIpc) is 2.81. The highest BCUT2D eigenvalue weighted by atomic mass is 32.1. The first-order valence-corrected chi connectivity index (χ1v) is 6.97. The second-order valence-corrected chi connectivity index (χ2v) is 5.70. The molecule has 1 aromatic carbocycles. The van der Waals surface area contributed by atoms with Gasteiger partial charge in [-0.2, -0.15) is 0 Å². The summed E-state index contributed by atoms with van der Waals surface area (Å²) in [6.45, 7) is 3.64. The van der Waals surface area contributed by atoms with Gasteiger partial charge in [-0.25, -0.2) is 0 Å². The van der Waals surface area contributed by atoms with Gasteiger partial charge in [-0.05, 0) is 32.0 Å². The van der Waals surface area contributed by atoms with Gasteiger partial charge < -0.3 is 5.32 Å². The topological polar surface area (TPSA) is 55.2 Å². The zero-order chi connectivity index (χ0) is 13.7. The number of nitro benzene ring substituents is 1. The smallest absolute Gasteiger partial charge is 0.272 e. The second-order valence-electron chi connectivity index (χ2n) is 4.32. The van der Waals surface area contributed by atoms with Gasteiger partial charge in [0.15, 0.2) is 0 Å². The summed E-state index contributed by atoms with van der Waals surface area (Å²) in [5, 5.41) is 14.2. The maximum atomic E-state index is 10.9. The van der Waals surface area contributed by atoms with Crippen LogP contribution in [-0.2, 0) is 13.0 Å². The van der Waals surface area contributed by atoms with Crippen LogP contribution in [0.2, 0.25) is 0 Å². The van der Waals surface area contributed by atoms with Crippen LogP contribution in [0.1, 0.15) is 15.3 Å². The minimum Gasteiger partial charge on any atom is -0.312 e. The Labute approximate surface area is 116 Å². The fourth-order valence-electron chi connectivity index (χ4n) is 1.92. The van der Waals surface area contributed by atoms with Crippen molar-refractivity contribution in [3.63, 3.8) is 0 Å². The van der Waals surface area contributed by atoms with Crippen LogP contribution in [0.15, 0.2) is 36.4 Å². The predicted molar refractivity (Wildman–Crippen MR) is 77.6 cm³/mol. The number of nitrogens with zero attached hydrogens (tertiary/aromatic N) is 1. The van der Waals surface area contributed by atoms with Gasteiger partial charge in [0, 0.05) is 27.9 Å². The van der Waals surface area contributed by atoms with E-state index >= 15 is 0 Å². The third kappa shape index (κ3) is 3.87. The first kappa shape index (κ1) is 13.7. The van der Waals surface area contributed by atoms with Crippen molar-refractivity contribution in [3.8, 4) is 0 Å². The molecule has 19 heavy (non-hydrogen) atoms. The molecule has 5 heteroatoms. The fourth-order valence-corrected chi connectivity index (χ4v) is 2.78. The molecule has 1 N–H and O–H groups in total. The number of benzene rings is 1. The monoisotopic (exact) mass is 276 g/mol. The zero-order valence-electron chi connectivity index (χ0n) is 10.8. The van der Waals surface area contributed by atoms with Crippen LogP contribution in [0.4, 0.5) is 5.69 Å². The Hall–Kier alpha value is -1.72. The molecule has 0 amide bonds. The molecule has 0 saturated heterocycles. The highest BCUT2D eigenvalue weighted by molar-refractivity contribution is 7.11. The molecule has 4 nitrogen and oxygen atoms in total.